The molecule has 0 spiro atoms. The number of rotatable bonds is 6. The fourth-order valence-corrected chi connectivity index (χ4v) is 7.29. The lowest BCUT2D eigenvalue weighted by Gasteiger charge is -2.35. The van der Waals surface area contributed by atoms with E-state index in [4.69, 9.17) is 4.99 Å². The van der Waals surface area contributed by atoms with E-state index in [0.29, 0.717) is 28.2 Å². The van der Waals surface area contributed by atoms with Crippen molar-refractivity contribution in [2.45, 2.75) is 57.2 Å². The molecule has 1 N–H and O–H groups in total. The summed E-state index contributed by atoms with van der Waals surface area (Å²) in [5.41, 5.74) is 2.22. The van der Waals surface area contributed by atoms with Crippen LogP contribution in [0, 0.1) is 12.8 Å². The van der Waals surface area contributed by atoms with Crippen molar-refractivity contribution in [3.8, 4) is 5.69 Å². The van der Waals surface area contributed by atoms with Crippen LogP contribution in [0.5, 0.6) is 0 Å². The summed E-state index contributed by atoms with van der Waals surface area (Å²) in [6.45, 7) is 4.04. The molecular weight excluding hydrogens is 546 g/mol. The highest BCUT2D eigenvalue weighted by Gasteiger charge is 2.45. The molecule has 0 bridgehead atoms. The van der Waals surface area contributed by atoms with E-state index in [9.17, 15) is 14.4 Å². The van der Waals surface area contributed by atoms with Gasteiger partial charge in [-0.25, -0.2) is 9.67 Å². The molecule has 3 aromatic carbocycles. The van der Waals surface area contributed by atoms with Crippen LogP contribution in [-0.4, -0.2) is 42.5 Å². The standard InChI is InChI=1S/C33H35N5O3S/c1-21-11-7-10-16-27(21)37-31(40)28(20-29(39)34-25-18-17-23-12-8-9-13-24(23)19-25)42-33(37)35-30-22(2)36(3)38(32(30)41)26-14-5-4-6-15-26/h4-6,8-9,12-15,17-19,21,27-28H,7,10-11,16,20H2,1-3H3,(H,34,39)/t21-,27-,28+/m0/s1. The third kappa shape index (κ3) is 5.29. The number of anilines is 1. The van der Waals surface area contributed by atoms with Crippen LogP contribution in [0.3, 0.4) is 0 Å². The number of para-hydroxylation sites is 1. The Morgan fingerprint density at radius 2 is 1.69 bits per heavy atom. The predicted octanol–water partition coefficient (Wildman–Crippen LogP) is 6.18. The monoisotopic (exact) mass is 581 g/mol. The maximum atomic E-state index is 13.9. The minimum Gasteiger partial charge on any atom is -0.326 e. The second-order valence-electron chi connectivity index (χ2n) is 11.3. The van der Waals surface area contributed by atoms with Crippen LogP contribution in [0.25, 0.3) is 16.5 Å². The van der Waals surface area contributed by atoms with E-state index in [1.807, 2.05) is 86.8 Å². The Hall–Kier alpha value is -4.11. The summed E-state index contributed by atoms with van der Waals surface area (Å²) < 4.78 is 3.39. The molecule has 216 valence electrons. The van der Waals surface area contributed by atoms with E-state index >= 15 is 0 Å². The zero-order chi connectivity index (χ0) is 29.4. The summed E-state index contributed by atoms with van der Waals surface area (Å²) in [5.74, 6) is -0.0315. The summed E-state index contributed by atoms with van der Waals surface area (Å²) in [6, 6.07) is 23.2. The second-order valence-corrected chi connectivity index (χ2v) is 12.4. The molecule has 42 heavy (non-hydrogen) atoms. The molecule has 3 atom stereocenters. The quantitative estimate of drug-likeness (QED) is 0.295. The smallest absolute Gasteiger partial charge is 0.297 e. The maximum Gasteiger partial charge on any atom is 0.297 e. The molecule has 8 nitrogen and oxygen atoms in total. The highest BCUT2D eigenvalue weighted by atomic mass is 32.2. The fraction of sp³-hybridized carbons (Fsp3) is 0.333. The van der Waals surface area contributed by atoms with E-state index in [1.54, 1.807) is 14.3 Å². The first-order chi connectivity index (χ1) is 20.3. The van der Waals surface area contributed by atoms with Crippen LogP contribution < -0.4 is 10.9 Å². The van der Waals surface area contributed by atoms with Gasteiger partial charge in [-0.1, -0.05) is 80.1 Å². The Kier molecular flexibility index (Phi) is 7.77. The number of carbonyl (C=O) groups excluding carboxylic acids is 2. The molecule has 2 aliphatic rings. The molecule has 0 unspecified atom stereocenters. The Bertz CT molecular complexity index is 1740. The number of fused-ring (bicyclic) bond motifs is 1. The molecule has 1 aliphatic heterocycles. The lowest BCUT2D eigenvalue weighted by molar-refractivity contribution is -0.130. The van der Waals surface area contributed by atoms with Crippen molar-refractivity contribution >= 4 is 50.9 Å². The number of hydrogen-bond donors (Lipinski definition) is 1. The van der Waals surface area contributed by atoms with Gasteiger partial charge in [0, 0.05) is 25.2 Å². The molecule has 1 saturated carbocycles. The zero-order valence-electron chi connectivity index (χ0n) is 24.1. The molecule has 9 heteroatoms. The number of aliphatic imine (C=N–C) groups is 1. The van der Waals surface area contributed by atoms with Crippen molar-refractivity contribution in [1.82, 2.24) is 14.3 Å². The number of carbonyl (C=O) groups is 2. The first kappa shape index (κ1) is 28.0. The number of amidine groups is 1. The van der Waals surface area contributed by atoms with Gasteiger partial charge in [-0.15, -0.1) is 0 Å². The van der Waals surface area contributed by atoms with Crippen LogP contribution in [-0.2, 0) is 16.6 Å². The van der Waals surface area contributed by atoms with Gasteiger partial charge in [0.15, 0.2) is 10.9 Å². The van der Waals surface area contributed by atoms with E-state index in [2.05, 4.69) is 12.2 Å². The van der Waals surface area contributed by atoms with Crippen molar-refractivity contribution < 1.29 is 9.59 Å². The van der Waals surface area contributed by atoms with Gasteiger partial charge in [0.1, 0.15) is 5.25 Å². The average molecular weight is 582 g/mol. The molecule has 2 amide bonds. The largest absolute Gasteiger partial charge is 0.326 e. The van der Waals surface area contributed by atoms with Crippen molar-refractivity contribution in [1.29, 1.82) is 0 Å². The summed E-state index contributed by atoms with van der Waals surface area (Å²) in [4.78, 5) is 47.4. The second kappa shape index (κ2) is 11.6. The van der Waals surface area contributed by atoms with Crippen molar-refractivity contribution in [3.63, 3.8) is 0 Å². The number of amides is 2. The number of nitrogens with zero attached hydrogens (tertiary/aromatic N) is 4. The molecule has 1 saturated heterocycles. The third-order valence-electron chi connectivity index (χ3n) is 8.50. The van der Waals surface area contributed by atoms with E-state index in [1.165, 1.54) is 11.8 Å². The lowest BCUT2D eigenvalue weighted by Crippen LogP contribution is -2.46. The molecule has 1 aliphatic carbocycles. The Morgan fingerprint density at radius 3 is 2.45 bits per heavy atom. The number of hydrogen-bond acceptors (Lipinski definition) is 5. The van der Waals surface area contributed by atoms with Gasteiger partial charge < -0.3 is 5.32 Å². The number of thioether (sulfide) groups is 1. The van der Waals surface area contributed by atoms with Crippen LogP contribution in [0.4, 0.5) is 11.4 Å². The molecule has 0 radical (unpaired) electrons. The minimum absolute atomic E-state index is 0.00795. The summed E-state index contributed by atoms with van der Waals surface area (Å²) in [7, 11) is 1.83. The summed E-state index contributed by atoms with van der Waals surface area (Å²) >= 11 is 1.30. The van der Waals surface area contributed by atoms with E-state index < -0.39 is 5.25 Å². The van der Waals surface area contributed by atoms with Gasteiger partial charge in [-0.05, 0) is 60.7 Å². The molecule has 1 aromatic heterocycles. The first-order valence-corrected chi connectivity index (χ1v) is 15.4. The lowest BCUT2D eigenvalue weighted by atomic mass is 9.85. The van der Waals surface area contributed by atoms with Crippen molar-refractivity contribution in [2.24, 2.45) is 18.0 Å². The zero-order valence-corrected chi connectivity index (χ0v) is 24.9. The first-order valence-electron chi connectivity index (χ1n) is 14.5. The molecule has 2 fully saturated rings. The van der Waals surface area contributed by atoms with Crippen molar-refractivity contribution in [2.75, 3.05) is 5.32 Å². The maximum absolute atomic E-state index is 13.9. The SMILES string of the molecule is Cc1c(N=C2S[C@H](CC(=O)Nc3ccc4ccccc4c3)C(=O)N2[C@H]2CCCC[C@@H]2C)c(=O)n(-c2ccccc2)n1C. The number of benzene rings is 3. The molecule has 6 rings (SSSR count). The van der Waals surface area contributed by atoms with Crippen LogP contribution in [0.1, 0.15) is 44.7 Å². The Morgan fingerprint density at radius 1 is 0.976 bits per heavy atom. The van der Waals surface area contributed by atoms with Gasteiger partial charge in [-0.2, -0.15) is 0 Å². The van der Waals surface area contributed by atoms with Gasteiger partial charge in [0.25, 0.3) is 5.56 Å². The summed E-state index contributed by atoms with van der Waals surface area (Å²) in [5, 5.41) is 5.00. The van der Waals surface area contributed by atoms with Crippen LogP contribution in [0.15, 0.2) is 82.6 Å². The topological polar surface area (TPSA) is 88.7 Å². The molecule has 2 heterocycles. The average Bonchev–Trinajstić information content (AvgIpc) is 3.40. The van der Waals surface area contributed by atoms with Crippen LogP contribution in [0.2, 0.25) is 0 Å². The third-order valence-corrected chi connectivity index (χ3v) is 9.65. The van der Waals surface area contributed by atoms with E-state index in [-0.39, 0.29) is 29.8 Å². The van der Waals surface area contributed by atoms with Gasteiger partial charge >= 0.3 is 0 Å². The highest BCUT2D eigenvalue weighted by molar-refractivity contribution is 8.15. The Balaban J connectivity index is 1.30. The Labute approximate surface area is 249 Å². The molecule has 4 aromatic rings. The summed E-state index contributed by atoms with van der Waals surface area (Å²) in [6.07, 6.45) is 4.11. The molecular formula is C33H35N5O3S. The predicted molar refractivity (Wildman–Crippen MR) is 170 cm³/mol. The van der Waals surface area contributed by atoms with Gasteiger partial charge in [0.2, 0.25) is 11.8 Å². The normalized spacial score (nSPS) is 21.8. The van der Waals surface area contributed by atoms with Crippen LogP contribution >= 0.6 is 11.8 Å². The number of aromatic nitrogens is 2. The fourth-order valence-electron chi connectivity index (χ4n) is 6.10. The van der Waals surface area contributed by atoms with Gasteiger partial charge in [-0.3, -0.25) is 24.0 Å². The van der Waals surface area contributed by atoms with Crippen molar-refractivity contribution in [3.05, 3.63) is 88.8 Å². The number of nitrogens with one attached hydrogen (secondary N) is 1. The van der Waals surface area contributed by atoms with Gasteiger partial charge in [0.05, 0.1) is 11.4 Å². The minimum atomic E-state index is -0.612. The highest BCUT2D eigenvalue weighted by Crippen LogP contribution is 2.39. The van der Waals surface area contributed by atoms with E-state index in [0.717, 1.165) is 42.1 Å².